The Morgan fingerprint density at radius 1 is 0.754 bits per heavy atom. The minimum atomic E-state index is -1.69. The number of unbranched alkanes of at least 4 members (excludes halogenated alkanes) is 1. The van der Waals surface area contributed by atoms with Crippen LogP contribution in [0, 0.1) is 11.8 Å². The van der Waals surface area contributed by atoms with Gasteiger partial charge in [-0.25, -0.2) is 0 Å². The summed E-state index contributed by atoms with van der Waals surface area (Å²) in [6, 6.07) is -8.64. The number of aliphatic carboxylic acids is 1. The number of guanidine groups is 1. The van der Waals surface area contributed by atoms with E-state index in [1.807, 2.05) is 13.8 Å². The number of hydrogen-bond acceptors (Lipinski definition) is 11. The summed E-state index contributed by atoms with van der Waals surface area (Å²) < 4.78 is 0. The third-order valence-electron chi connectivity index (χ3n) is 10.3. The highest BCUT2D eigenvalue weighted by atomic mass is 16.4. The number of amides is 8. The molecule has 0 spiro atoms. The van der Waals surface area contributed by atoms with Crippen molar-refractivity contribution in [3.05, 3.63) is 0 Å². The van der Waals surface area contributed by atoms with Crippen molar-refractivity contribution in [1.29, 1.82) is 0 Å². The minimum absolute atomic E-state index is 0.0149. The van der Waals surface area contributed by atoms with Crippen LogP contribution in [-0.4, -0.2) is 150 Å². The summed E-state index contributed by atoms with van der Waals surface area (Å²) in [4.78, 5) is 128. The van der Waals surface area contributed by atoms with Crippen LogP contribution in [0.15, 0.2) is 4.99 Å². The van der Waals surface area contributed by atoms with Crippen molar-refractivity contribution in [3.8, 4) is 0 Å². The maximum atomic E-state index is 14.4. The lowest BCUT2D eigenvalue weighted by Crippen LogP contribution is -2.60. The quantitative estimate of drug-likeness (QED) is 0.0478. The molecule has 2 aliphatic rings. The average Bonchev–Trinajstić information content (AvgIpc) is 3.67. The fourth-order valence-electron chi connectivity index (χ4n) is 7.16. The predicted octanol–water partition coefficient (Wildman–Crippen LogP) is -2.87. The van der Waals surface area contributed by atoms with E-state index < -0.39 is 108 Å². The first-order valence-corrected chi connectivity index (χ1v) is 21.0. The maximum Gasteiger partial charge on any atom is 0.305 e. The molecule has 7 atom stereocenters. The van der Waals surface area contributed by atoms with Gasteiger partial charge < -0.3 is 64.0 Å². The second-order valence-electron chi connectivity index (χ2n) is 16.5. The SMILES string of the molecule is CC(C)C[C@@H]1NC(=O)[C@H](C)NC(=O)[C@@H]2CCCN2C(=O)[C@@H](CCCCN)N(C)C(=O)[C@H](CC(C)C)NC(=O)[C@H](CC(=O)O)NC(=O)CNC(=O)[C@H](CCCN=C(N)N)NC1=O. The van der Waals surface area contributed by atoms with Crippen molar-refractivity contribution < 1.29 is 48.3 Å². The van der Waals surface area contributed by atoms with Gasteiger partial charge in [-0.15, -0.1) is 0 Å². The smallest absolute Gasteiger partial charge is 0.305 e. The molecule has 0 saturated carbocycles. The molecule has 22 heteroatoms. The zero-order chi connectivity index (χ0) is 46.0. The number of nitrogens with two attached hydrogens (primary N) is 3. The number of likely N-dealkylation sites (N-methyl/N-ethyl adjacent to an activating group) is 1. The van der Waals surface area contributed by atoms with Gasteiger partial charge in [0.25, 0.3) is 0 Å². The lowest BCUT2D eigenvalue weighted by Gasteiger charge is -2.35. The zero-order valence-corrected chi connectivity index (χ0v) is 36.3. The molecule has 2 fully saturated rings. The molecule has 0 aliphatic carbocycles. The summed E-state index contributed by atoms with van der Waals surface area (Å²) >= 11 is 0. The minimum Gasteiger partial charge on any atom is -0.481 e. The molecule has 0 aromatic carbocycles. The summed E-state index contributed by atoms with van der Waals surface area (Å²) in [6.45, 7) is 8.51. The molecule has 8 amide bonds. The molecule has 0 aromatic heterocycles. The van der Waals surface area contributed by atoms with Crippen molar-refractivity contribution in [2.24, 2.45) is 34.0 Å². The third kappa shape index (κ3) is 17.2. The highest BCUT2D eigenvalue weighted by Gasteiger charge is 2.42. The first-order chi connectivity index (χ1) is 28.7. The van der Waals surface area contributed by atoms with Crippen molar-refractivity contribution in [1.82, 2.24) is 41.7 Å². The predicted molar refractivity (Wildman–Crippen MR) is 224 cm³/mol. The van der Waals surface area contributed by atoms with Crippen LogP contribution in [0.5, 0.6) is 0 Å². The number of rotatable bonds is 14. The molecule has 0 radical (unpaired) electrons. The van der Waals surface area contributed by atoms with E-state index in [0.717, 1.165) is 0 Å². The van der Waals surface area contributed by atoms with Crippen LogP contribution in [0.2, 0.25) is 0 Å². The molecule has 13 N–H and O–H groups in total. The van der Waals surface area contributed by atoms with Crippen LogP contribution in [0.4, 0.5) is 0 Å². The highest BCUT2D eigenvalue weighted by Crippen LogP contribution is 2.23. The lowest BCUT2D eigenvalue weighted by atomic mass is 9.99. The zero-order valence-electron chi connectivity index (χ0n) is 36.3. The molecular formula is C39H68N12O10. The second kappa shape index (κ2) is 25.3. The number of carboxylic acids is 1. The fourth-order valence-corrected chi connectivity index (χ4v) is 7.16. The molecule has 0 bridgehead atoms. The topological polar surface area (TPSA) is 343 Å². The number of aliphatic imine (C=N–C) groups is 1. The molecule has 0 aromatic rings. The van der Waals surface area contributed by atoms with Crippen LogP contribution in [0.1, 0.15) is 98.8 Å². The highest BCUT2D eigenvalue weighted by molar-refractivity contribution is 5.99. The van der Waals surface area contributed by atoms with Crippen LogP contribution in [-0.2, 0) is 43.2 Å². The number of carbonyl (C=O) groups excluding carboxylic acids is 8. The molecule has 344 valence electrons. The van der Waals surface area contributed by atoms with Crippen molar-refractivity contribution in [3.63, 3.8) is 0 Å². The van der Waals surface area contributed by atoms with Gasteiger partial charge in [0.1, 0.15) is 42.3 Å². The summed E-state index contributed by atoms with van der Waals surface area (Å²) in [7, 11) is 1.41. The fraction of sp³-hybridized carbons (Fsp3) is 0.744. The largest absolute Gasteiger partial charge is 0.481 e. The van der Waals surface area contributed by atoms with E-state index in [0.29, 0.717) is 25.8 Å². The Kier molecular flexibility index (Phi) is 21.4. The van der Waals surface area contributed by atoms with E-state index in [1.54, 1.807) is 13.8 Å². The standard InChI is InChI=1S/C39H68N12O10/c1-21(2)17-25-34(57)47-24(11-9-15-43-39(41)42)33(56)44-20-30(52)46-26(19-31(53)54)35(58)49-27(18-22(3)4)37(60)50(6)29(12-7-8-14-40)38(61)51-16-10-13-28(51)36(59)45-23(5)32(55)48-25/h21-29H,7-20,40H2,1-6H3,(H,44,56)(H,45,59)(H,46,52)(H,47,57)(H,48,55)(H,49,58)(H,53,54)(H4,41,42,43)/t23-,24-,25-,26-,27-,28-,29+/m0/s1. The Hall–Kier alpha value is -5.54. The number of nitrogens with one attached hydrogen (secondary N) is 6. The monoisotopic (exact) mass is 865 g/mol. The van der Waals surface area contributed by atoms with Crippen molar-refractivity contribution in [2.45, 2.75) is 141 Å². The Bertz CT molecular complexity index is 1600. The molecular weight excluding hydrogens is 797 g/mol. The Morgan fingerprint density at radius 2 is 1.36 bits per heavy atom. The first kappa shape index (κ1) is 51.6. The van der Waals surface area contributed by atoms with Gasteiger partial charge in [0.05, 0.1) is 13.0 Å². The van der Waals surface area contributed by atoms with E-state index >= 15 is 0 Å². The number of carbonyl (C=O) groups is 9. The van der Waals surface area contributed by atoms with E-state index in [2.05, 4.69) is 36.9 Å². The molecule has 2 aliphatic heterocycles. The van der Waals surface area contributed by atoms with Crippen molar-refractivity contribution in [2.75, 3.05) is 33.2 Å². The molecule has 0 unspecified atom stereocenters. The van der Waals surface area contributed by atoms with Crippen LogP contribution >= 0.6 is 0 Å². The van der Waals surface area contributed by atoms with Gasteiger partial charge in [-0.1, -0.05) is 27.7 Å². The number of hydrogen-bond donors (Lipinski definition) is 10. The van der Waals surface area contributed by atoms with Crippen LogP contribution in [0.25, 0.3) is 0 Å². The van der Waals surface area contributed by atoms with E-state index in [9.17, 15) is 48.3 Å². The first-order valence-electron chi connectivity index (χ1n) is 21.0. The third-order valence-corrected chi connectivity index (χ3v) is 10.3. The van der Waals surface area contributed by atoms with Crippen LogP contribution in [0.3, 0.4) is 0 Å². The summed E-state index contributed by atoms with van der Waals surface area (Å²) in [5.74, 6) is -7.95. The van der Waals surface area contributed by atoms with Gasteiger partial charge in [0, 0.05) is 20.1 Å². The molecule has 22 nitrogen and oxygen atoms in total. The molecule has 2 heterocycles. The molecule has 61 heavy (non-hydrogen) atoms. The number of fused-ring (bicyclic) bond motifs is 1. The van der Waals surface area contributed by atoms with E-state index in [1.165, 1.54) is 23.8 Å². The van der Waals surface area contributed by atoms with E-state index in [4.69, 9.17) is 17.2 Å². The second-order valence-corrected chi connectivity index (χ2v) is 16.5. The Balaban J connectivity index is 2.64. The van der Waals surface area contributed by atoms with Gasteiger partial charge in [-0.2, -0.15) is 0 Å². The van der Waals surface area contributed by atoms with Gasteiger partial charge in [-0.3, -0.25) is 48.1 Å². The Labute approximate surface area is 357 Å². The van der Waals surface area contributed by atoms with Gasteiger partial charge in [0.2, 0.25) is 47.3 Å². The number of nitrogens with zero attached hydrogens (tertiary/aromatic N) is 3. The molecule has 2 rings (SSSR count). The van der Waals surface area contributed by atoms with Crippen molar-refractivity contribution >= 4 is 59.2 Å². The summed E-state index contributed by atoms with van der Waals surface area (Å²) in [6.07, 6.45) is 1.39. The van der Waals surface area contributed by atoms with Gasteiger partial charge in [0.15, 0.2) is 5.96 Å². The van der Waals surface area contributed by atoms with Crippen LogP contribution < -0.4 is 49.1 Å². The Morgan fingerprint density at radius 3 is 1.97 bits per heavy atom. The van der Waals surface area contributed by atoms with E-state index in [-0.39, 0.29) is 69.4 Å². The lowest BCUT2D eigenvalue weighted by molar-refractivity contribution is -0.149. The number of carboxylic acid groups (broad SMARTS) is 1. The summed E-state index contributed by atoms with van der Waals surface area (Å²) in [5.41, 5.74) is 16.6. The molecule has 2 saturated heterocycles. The maximum absolute atomic E-state index is 14.4. The normalized spacial score (nSPS) is 25.8. The van der Waals surface area contributed by atoms with Gasteiger partial charge in [-0.05, 0) is 83.1 Å². The summed E-state index contributed by atoms with van der Waals surface area (Å²) in [5, 5.41) is 24.9. The average molecular weight is 865 g/mol. The van der Waals surface area contributed by atoms with Gasteiger partial charge >= 0.3 is 5.97 Å².